The average Bonchev–Trinajstić information content (AvgIpc) is 3.05. The molecule has 0 atom stereocenters. The first kappa shape index (κ1) is 21.2. The van der Waals surface area contributed by atoms with Crippen LogP contribution in [-0.4, -0.2) is 16.8 Å². The molecule has 0 N–H and O–H groups in total. The van der Waals surface area contributed by atoms with Crippen molar-refractivity contribution in [3.8, 4) is 17.3 Å². The molecule has 0 aliphatic rings. The van der Waals surface area contributed by atoms with Crippen molar-refractivity contribution in [1.29, 1.82) is 5.26 Å². The molecule has 1 aromatic heterocycles. The van der Waals surface area contributed by atoms with Gasteiger partial charge in [-0.15, -0.1) is 0 Å². The van der Waals surface area contributed by atoms with E-state index >= 15 is 0 Å². The quantitative estimate of drug-likeness (QED) is 0.253. The molecule has 1 heterocycles. The molecule has 0 radical (unpaired) electrons. The van der Waals surface area contributed by atoms with E-state index in [1.54, 1.807) is 30.3 Å². The van der Waals surface area contributed by atoms with Crippen LogP contribution in [0, 0.1) is 18.3 Å². The third-order valence-electron chi connectivity index (χ3n) is 3.79. The van der Waals surface area contributed by atoms with Crippen molar-refractivity contribution in [1.82, 2.24) is 5.16 Å². The molecule has 10 heteroatoms. The molecule has 2 aromatic carbocycles. The van der Waals surface area contributed by atoms with E-state index in [-0.39, 0.29) is 48.4 Å². The van der Waals surface area contributed by atoms with Gasteiger partial charge >= 0.3 is 5.97 Å². The zero-order valence-electron chi connectivity index (χ0n) is 14.5. The zero-order valence-corrected chi connectivity index (χ0v) is 17.6. The smallest absolute Gasteiger partial charge is 0.360 e. The summed E-state index contributed by atoms with van der Waals surface area (Å²) in [5.41, 5.74) is 0.222. The van der Waals surface area contributed by atoms with Gasteiger partial charge in [0.1, 0.15) is 23.1 Å². The van der Waals surface area contributed by atoms with Crippen molar-refractivity contribution in [2.45, 2.75) is 6.92 Å². The Morgan fingerprint density at radius 2 is 1.59 bits per heavy atom. The van der Waals surface area contributed by atoms with Crippen molar-refractivity contribution in [3.63, 3.8) is 0 Å². The number of nitriles is 1. The fraction of sp³-hybridized carbons (Fsp3) is 0.0526. The van der Waals surface area contributed by atoms with Gasteiger partial charge < -0.3 is 9.36 Å². The van der Waals surface area contributed by atoms with Gasteiger partial charge in [-0.25, -0.2) is 4.79 Å². The molecular formula is C19H9Cl4N3O3. The van der Waals surface area contributed by atoms with Crippen LogP contribution in [-0.2, 0) is 4.84 Å². The second-order valence-corrected chi connectivity index (χ2v) is 7.21. The van der Waals surface area contributed by atoms with Crippen LogP contribution in [0.3, 0.4) is 0 Å². The van der Waals surface area contributed by atoms with Gasteiger partial charge in [-0.3, -0.25) is 0 Å². The number of halogens is 4. The lowest BCUT2D eigenvalue weighted by atomic mass is 10.1. The molecule has 0 fully saturated rings. The maximum atomic E-state index is 12.7. The van der Waals surface area contributed by atoms with E-state index in [4.69, 9.17) is 55.8 Å². The van der Waals surface area contributed by atoms with Crippen LogP contribution in [0.2, 0.25) is 20.1 Å². The number of benzene rings is 2. The van der Waals surface area contributed by atoms with Gasteiger partial charge in [0.15, 0.2) is 5.71 Å². The van der Waals surface area contributed by atoms with Crippen LogP contribution >= 0.6 is 46.4 Å². The number of rotatable bonds is 4. The standard InChI is InChI=1S/C19H9Cl4N3O3/c1-9-15(18(26-28-9)17-12(22)6-3-7-13(17)23)19(27)29-25-14(8-24)16-10(20)4-2-5-11(16)21/h2-7H,1H3. The largest absolute Gasteiger partial charge is 0.371 e. The van der Waals surface area contributed by atoms with E-state index in [0.29, 0.717) is 5.56 Å². The third kappa shape index (κ3) is 4.24. The summed E-state index contributed by atoms with van der Waals surface area (Å²) < 4.78 is 5.11. The minimum atomic E-state index is -0.925. The average molecular weight is 469 g/mol. The first-order valence-electron chi connectivity index (χ1n) is 7.89. The van der Waals surface area contributed by atoms with Gasteiger partial charge in [-0.2, -0.15) is 5.26 Å². The third-order valence-corrected chi connectivity index (χ3v) is 5.05. The van der Waals surface area contributed by atoms with E-state index in [9.17, 15) is 10.1 Å². The fourth-order valence-electron chi connectivity index (χ4n) is 2.49. The maximum absolute atomic E-state index is 12.7. The molecule has 29 heavy (non-hydrogen) atoms. The lowest BCUT2D eigenvalue weighted by Crippen LogP contribution is -2.07. The lowest BCUT2D eigenvalue weighted by Gasteiger charge is -2.06. The summed E-state index contributed by atoms with van der Waals surface area (Å²) in [5, 5.41) is 17.7. The lowest BCUT2D eigenvalue weighted by molar-refractivity contribution is 0.0516. The number of aromatic nitrogens is 1. The highest BCUT2D eigenvalue weighted by molar-refractivity contribution is 6.41. The molecule has 3 aromatic rings. The van der Waals surface area contributed by atoms with E-state index in [1.807, 2.05) is 0 Å². The van der Waals surface area contributed by atoms with Crippen molar-refractivity contribution >= 4 is 58.1 Å². The van der Waals surface area contributed by atoms with Crippen molar-refractivity contribution in [2.75, 3.05) is 0 Å². The Morgan fingerprint density at radius 1 is 1.03 bits per heavy atom. The number of aryl methyl sites for hydroxylation is 1. The van der Waals surface area contributed by atoms with Crippen LogP contribution in [0.15, 0.2) is 46.1 Å². The molecule has 0 aliphatic carbocycles. The summed E-state index contributed by atoms with van der Waals surface area (Å²) >= 11 is 24.5. The molecule has 0 saturated carbocycles. The van der Waals surface area contributed by atoms with E-state index < -0.39 is 5.97 Å². The van der Waals surface area contributed by atoms with E-state index in [0.717, 1.165) is 0 Å². The molecule has 146 valence electrons. The van der Waals surface area contributed by atoms with Gasteiger partial charge in [0, 0.05) is 5.56 Å². The Hall–Kier alpha value is -2.56. The topological polar surface area (TPSA) is 88.5 Å². The number of carbonyl (C=O) groups is 1. The fourth-order valence-corrected chi connectivity index (χ4v) is 3.64. The Labute approximate surface area is 185 Å². The first-order valence-corrected chi connectivity index (χ1v) is 9.40. The van der Waals surface area contributed by atoms with E-state index in [1.165, 1.54) is 19.1 Å². The van der Waals surface area contributed by atoms with Crippen LogP contribution < -0.4 is 0 Å². The highest BCUT2D eigenvalue weighted by atomic mass is 35.5. The predicted molar refractivity (Wildman–Crippen MR) is 111 cm³/mol. The van der Waals surface area contributed by atoms with Crippen LogP contribution in [0.5, 0.6) is 0 Å². The summed E-state index contributed by atoms with van der Waals surface area (Å²) in [6, 6.07) is 11.3. The minimum absolute atomic E-state index is 0.0358. The van der Waals surface area contributed by atoms with E-state index in [2.05, 4.69) is 10.3 Å². The molecule has 3 rings (SSSR count). The molecule has 0 aliphatic heterocycles. The molecular weight excluding hydrogens is 460 g/mol. The van der Waals surface area contributed by atoms with Gasteiger partial charge in [0.25, 0.3) is 0 Å². The van der Waals surface area contributed by atoms with Crippen molar-refractivity contribution < 1.29 is 14.2 Å². The molecule has 0 amide bonds. The second kappa shape index (κ2) is 8.85. The molecule has 0 bridgehead atoms. The monoisotopic (exact) mass is 467 g/mol. The number of oxime groups is 1. The maximum Gasteiger partial charge on any atom is 0.371 e. The van der Waals surface area contributed by atoms with Gasteiger partial charge in [0.05, 0.1) is 25.7 Å². The SMILES string of the molecule is Cc1onc(-c2c(Cl)cccc2Cl)c1C(=O)ON=C(C#N)c1c(Cl)cccc1Cl. The normalized spacial score (nSPS) is 11.2. The Kier molecular flexibility index (Phi) is 6.46. The van der Waals surface area contributed by atoms with Crippen LogP contribution in [0.1, 0.15) is 21.7 Å². The molecule has 0 saturated heterocycles. The summed E-state index contributed by atoms with van der Waals surface area (Å²) in [4.78, 5) is 17.6. The van der Waals surface area contributed by atoms with Crippen molar-refractivity contribution in [3.05, 3.63) is 73.4 Å². The Balaban J connectivity index is 2.00. The molecule has 0 unspecified atom stereocenters. The minimum Gasteiger partial charge on any atom is -0.360 e. The highest BCUT2D eigenvalue weighted by Crippen LogP contribution is 2.37. The second-order valence-electron chi connectivity index (χ2n) is 5.59. The van der Waals surface area contributed by atoms with Crippen LogP contribution in [0.25, 0.3) is 11.3 Å². The number of hydrogen-bond acceptors (Lipinski definition) is 6. The van der Waals surface area contributed by atoms with Crippen molar-refractivity contribution in [2.24, 2.45) is 5.16 Å². The summed E-state index contributed by atoms with van der Waals surface area (Å²) in [7, 11) is 0. The summed E-state index contributed by atoms with van der Waals surface area (Å²) in [5.74, 6) is -0.767. The van der Waals surface area contributed by atoms with Gasteiger partial charge in [-0.05, 0) is 31.2 Å². The highest BCUT2D eigenvalue weighted by Gasteiger charge is 2.27. The number of hydrogen-bond donors (Lipinski definition) is 0. The zero-order chi connectivity index (χ0) is 21.1. The van der Waals surface area contributed by atoms with Crippen LogP contribution in [0.4, 0.5) is 0 Å². The predicted octanol–water partition coefficient (Wildman–Crippen LogP) is 6.35. The molecule has 6 nitrogen and oxygen atoms in total. The van der Waals surface area contributed by atoms with Gasteiger partial charge in [-0.1, -0.05) is 68.8 Å². The Bertz CT molecular complexity index is 1140. The first-order chi connectivity index (χ1) is 13.8. The number of nitrogens with zero attached hydrogens (tertiary/aromatic N) is 3. The number of carbonyl (C=O) groups excluding carboxylic acids is 1. The summed E-state index contributed by atoms with van der Waals surface area (Å²) in [6.07, 6.45) is 0. The summed E-state index contributed by atoms with van der Waals surface area (Å²) in [6.45, 7) is 1.51. The Morgan fingerprint density at radius 3 is 2.14 bits per heavy atom. The van der Waals surface area contributed by atoms with Gasteiger partial charge in [0.2, 0.25) is 0 Å². The molecule has 0 spiro atoms.